The lowest BCUT2D eigenvalue weighted by molar-refractivity contribution is -0.113. The quantitative estimate of drug-likeness (QED) is 0.372. The predicted octanol–water partition coefficient (Wildman–Crippen LogP) is 4.47. The summed E-state index contributed by atoms with van der Waals surface area (Å²) in [5.74, 6) is -0.581. The van der Waals surface area contributed by atoms with Gasteiger partial charge in [0.05, 0.1) is 16.8 Å². The van der Waals surface area contributed by atoms with Crippen molar-refractivity contribution in [3.63, 3.8) is 0 Å². The third-order valence-electron chi connectivity index (χ3n) is 6.30. The van der Waals surface area contributed by atoms with Crippen LogP contribution in [0, 0.1) is 5.82 Å². The minimum atomic E-state index is -0.526. The number of likely N-dealkylation sites (N-methyl/N-ethyl adjacent to an activating group) is 2. The number of carbonyl (C=O) groups excluding carboxylic acids is 1. The third kappa shape index (κ3) is 4.67. The Morgan fingerprint density at radius 3 is 2.67 bits per heavy atom. The molecule has 4 aromatic rings. The molecule has 0 atom stereocenters. The number of hydrogen-bond acceptors (Lipinski definition) is 6. The van der Waals surface area contributed by atoms with E-state index in [-0.39, 0.29) is 17.4 Å². The zero-order chi connectivity index (χ0) is 25.4. The van der Waals surface area contributed by atoms with E-state index in [1.807, 2.05) is 19.2 Å². The van der Waals surface area contributed by atoms with E-state index in [0.717, 1.165) is 5.56 Å². The molecule has 2 aromatic heterocycles. The van der Waals surface area contributed by atoms with Crippen LogP contribution < -0.4 is 10.6 Å². The van der Waals surface area contributed by atoms with Crippen LogP contribution in [-0.4, -0.2) is 57.2 Å². The summed E-state index contributed by atoms with van der Waals surface area (Å²) in [5, 5.41) is 5.89. The number of anilines is 2. The number of aromatic nitrogens is 4. The lowest BCUT2D eigenvalue weighted by Crippen LogP contribution is -2.26. The summed E-state index contributed by atoms with van der Waals surface area (Å²) in [5.41, 5.74) is 8.64. The van der Waals surface area contributed by atoms with E-state index >= 15 is 0 Å². The highest BCUT2D eigenvalue weighted by molar-refractivity contribution is 6.30. The monoisotopic (exact) mass is 505 g/mol. The number of carbonyl (C=O) groups is 1. The number of hydrogen-bond donors (Lipinski definition) is 1. The van der Waals surface area contributed by atoms with Gasteiger partial charge in [-0.15, -0.1) is 0 Å². The number of rotatable bonds is 7. The molecular formula is C26H25ClFN7O. The van der Waals surface area contributed by atoms with E-state index < -0.39 is 5.82 Å². The lowest BCUT2D eigenvalue weighted by atomic mass is 10.1. The molecule has 0 bridgehead atoms. The Labute approximate surface area is 212 Å². The van der Waals surface area contributed by atoms with E-state index in [4.69, 9.17) is 22.4 Å². The molecule has 0 unspecified atom stereocenters. The second-order valence-electron chi connectivity index (χ2n) is 8.83. The fraction of sp³-hybridized carbons (Fsp3) is 0.231. The van der Waals surface area contributed by atoms with Crippen molar-refractivity contribution < 1.29 is 9.18 Å². The summed E-state index contributed by atoms with van der Waals surface area (Å²) in [4.78, 5) is 24.7. The number of fused-ring (bicyclic) bond motifs is 1. The summed E-state index contributed by atoms with van der Waals surface area (Å²) in [6.45, 7) is 0.667. The molecule has 184 valence electrons. The van der Waals surface area contributed by atoms with Gasteiger partial charge in [-0.25, -0.2) is 19.0 Å². The van der Waals surface area contributed by atoms with E-state index in [1.54, 1.807) is 42.1 Å². The summed E-state index contributed by atoms with van der Waals surface area (Å²) in [6.07, 6.45) is 7.01. The average Bonchev–Trinajstić information content (AvgIpc) is 3.65. The van der Waals surface area contributed by atoms with Crippen LogP contribution in [-0.2, 0) is 4.79 Å². The first kappa shape index (κ1) is 23.9. The Bertz CT molecular complexity index is 1460. The lowest BCUT2D eigenvalue weighted by Gasteiger charge is -2.18. The molecule has 1 saturated carbocycles. The van der Waals surface area contributed by atoms with Gasteiger partial charge in [-0.1, -0.05) is 29.8 Å². The van der Waals surface area contributed by atoms with Crippen molar-refractivity contribution in [3.05, 3.63) is 71.8 Å². The SMILES string of the molecule is CN(C(=O)C=CCN(C)C1CC1)c1cc(-n2nc(-c3ccc(Cl)cc3)c3c(N)ncnc32)ccc1F. The van der Waals surface area contributed by atoms with Crippen molar-refractivity contribution in [3.8, 4) is 16.9 Å². The molecule has 1 aliphatic carbocycles. The number of halogens is 2. The van der Waals surface area contributed by atoms with Crippen molar-refractivity contribution in [1.29, 1.82) is 0 Å². The normalized spacial score (nSPS) is 13.7. The van der Waals surface area contributed by atoms with Crippen molar-refractivity contribution in [1.82, 2.24) is 24.6 Å². The second kappa shape index (κ2) is 9.67. The standard InChI is InChI=1S/C26H25ClFN7O/c1-33(18-9-10-18)13-3-4-22(36)34(2)21-14-19(11-12-20(21)28)35-26-23(25(29)30-15-31-26)24(32-35)16-5-7-17(27)8-6-16/h3-8,11-12,14-15,18H,9-10,13H2,1-2H3,(H2,29,30,31). The molecule has 0 radical (unpaired) electrons. The first-order valence-corrected chi connectivity index (χ1v) is 11.9. The molecule has 1 fully saturated rings. The molecule has 2 heterocycles. The topological polar surface area (TPSA) is 93.2 Å². The van der Waals surface area contributed by atoms with Crippen LogP contribution >= 0.6 is 11.6 Å². The highest BCUT2D eigenvalue weighted by Gasteiger charge is 2.25. The van der Waals surface area contributed by atoms with Gasteiger partial charge in [0.1, 0.15) is 23.7 Å². The number of nitrogen functional groups attached to an aromatic ring is 1. The van der Waals surface area contributed by atoms with Gasteiger partial charge >= 0.3 is 0 Å². The van der Waals surface area contributed by atoms with Crippen LogP contribution in [0.4, 0.5) is 15.9 Å². The van der Waals surface area contributed by atoms with Crippen LogP contribution in [0.15, 0.2) is 60.9 Å². The van der Waals surface area contributed by atoms with Crippen LogP contribution in [0.1, 0.15) is 12.8 Å². The minimum absolute atomic E-state index is 0.122. The number of nitrogens with zero attached hydrogens (tertiary/aromatic N) is 6. The van der Waals surface area contributed by atoms with Crippen molar-refractivity contribution in [2.24, 2.45) is 0 Å². The third-order valence-corrected chi connectivity index (χ3v) is 6.55. The van der Waals surface area contributed by atoms with Gasteiger partial charge in [0, 0.05) is 36.3 Å². The van der Waals surface area contributed by atoms with Gasteiger partial charge in [0.15, 0.2) is 5.65 Å². The molecule has 0 spiro atoms. The molecule has 0 saturated heterocycles. The fourth-order valence-corrected chi connectivity index (χ4v) is 4.19. The number of benzene rings is 2. The first-order chi connectivity index (χ1) is 17.3. The van der Waals surface area contributed by atoms with Gasteiger partial charge in [-0.2, -0.15) is 5.10 Å². The van der Waals surface area contributed by atoms with Crippen LogP contribution in [0.2, 0.25) is 5.02 Å². The summed E-state index contributed by atoms with van der Waals surface area (Å²) in [7, 11) is 3.57. The van der Waals surface area contributed by atoms with Gasteiger partial charge < -0.3 is 10.6 Å². The molecule has 2 N–H and O–H groups in total. The molecule has 10 heteroatoms. The average molecular weight is 506 g/mol. The zero-order valence-corrected chi connectivity index (χ0v) is 20.7. The summed E-state index contributed by atoms with van der Waals surface area (Å²) in [6, 6.07) is 12.2. The van der Waals surface area contributed by atoms with Crippen molar-refractivity contribution in [2.75, 3.05) is 31.3 Å². The van der Waals surface area contributed by atoms with Crippen molar-refractivity contribution in [2.45, 2.75) is 18.9 Å². The van der Waals surface area contributed by atoms with Gasteiger partial charge in [0.25, 0.3) is 5.91 Å². The second-order valence-corrected chi connectivity index (χ2v) is 9.27. The summed E-state index contributed by atoms with van der Waals surface area (Å²) >= 11 is 6.05. The molecule has 1 aliphatic rings. The number of amides is 1. The maximum absolute atomic E-state index is 14.8. The molecular weight excluding hydrogens is 481 g/mol. The number of nitrogens with two attached hydrogens (primary N) is 1. The smallest absolute Gasteiger partial charge is 0.250 e. The van der Waals surface area contributed by atoms with Crippen LogP contribution in [0.5, 0.6) is 0 Å². The van der Waals surface area contributed by atoms with Gasteiger partial charge in [-0.3, -0.25) is 9.69 Å². The van der Waals surface area contributed by atoms with E-state index in [1.165, 1.54) is 36.2 Å². The highest BCUT2D eigenvalue weighted by Crippen LogP contribution is 2.33. The molecule has 36 heavy (non-hydrogen) atoms. The van der Waals surface area contributed by atoms with E-state index in [0.29, 0.717) is 40.0 Å². The van der Waals surface area contributed by atoms with E-state index in [2.05, 4.69) is 14.9 Å². The molecule has 2 aromatic carbocycles. The molecule has 1 amide bonds. The Kier molecular flexibility index (Phi) is 6.42. The Balaban J connectivity index is 1.50. The van der Waals surface area contributed by atoms with Crippen molar-refractivity contribution >= 4 is 40.0 Å². The van der Waals surface area contributed by atoms with Crippen LogP contribution in [0.3, 0.4) is 0 Å². The summed E-state index contributed by atoms with van der Waals surface area (Å²) < 4.78 is 16.4. The Morgan fingerprint density at radius 2 is 1.94 bits per heavy atom. The molecule has 8 nitrogen and oxygen atoms in total. The fourth-order valence-electron chi connectivity index (χ4n) is 4.07. The van der Waals surface area contributed by atoms with Crippen LogP contribution in [0.25, 0.3) is 28.0 Å². The maximum atomic E-state index is 14.8. The first-order valence-electron chi connectivity index (χ1n) is 11.5. The highest BCUT2D eigenvalue weighted by atomic mass is 35.5. The maximum Gasteiger partial charge on any atom is 0.250 e. The van der Waals surface area contributed by atoms with Gasteiger partial charge in [-0.05, 0) is 50.2 Å². The van der Waals surface area contributed by atoms with Gasteiger partial charge in [0.2, 0.25) is 0 Å². The largest absolute Gasteiger partial charge is 0.383 e. The minimum Gasteiger partial charge on any atom is -0.383 e. The molecule has 5 rings (SSSR count). The Morgan fingerprint density at radius 1 is 1.19 bits per heavy atom. The Hall–Kier alpha value is -3.82. The zero-order valence-electron chi connectivity index (χ0n) is 19.9. The molecule has 0 aliphatic heterocycles. The predicted molar refractivity (Wildman–Crippen MR) is 140 cm³/mol. The van der Waals surface area contributed by atoms with E-state index in [9.17, 15) is 9.18 Å².